The number of nitrogens with zero attached hydrogens (tertiary/aromatic N) is 4. The van der Waals surface area contributed by atoms with Crippen LogP contribution in [0.15, 0.2) is 24.3 Å². The number of halogens is 3. The molecule has 0 unspecified atom stereocenters. The Bertz CT molecular complexity index is 693. The van der Waals surface area contributed by atoms with E-state index in [0.717, 1.165) is 17.2 Å². The summed E-state index contributed by atoms with van der Waals surface area (Å²) in [6.45, 7) is 4.46. The molecule has 0 bridgehead atoms. The first kappa shape index (κ1) is 22.2. The van der Waals surface area contributed by atoms with Crippen molar-refractivity contribution in [3.8, 4) is 11.4 Å². The Kier molecular flexibility index (Phi) is 7.75. The lowest BCUT2D eigenvalue weighted by atomic mass is 9.99. The molecule has 1 aliphatic carbocycles. The van der Waals surface area contributed by atoms with Crippen molar-refractivity contribution in [1.29, 1.82) is 0 Å². The van der Waals surface area contributed by atoms with Gasteiger partial charge in [0.2, 0.25) is 0 Å². The van der Waals surface area contributed by atoms with Crippen molar-refractivity contribution in [3.63, 3.8) is 0 Å². The van der Waals surface area contributed by atoms with Crippen LogP contribution in [0.3, 0.4) is 0 Å². The fraction of sp³-hybridized carbons (Fsp3) is 0.556. The van der Waals surface area contributed by atoms with Gasteiger partial charge in [-0.2, -0.15) is 0 Å². The van der Waals surface area contributed by atoms with Gasteiger partial charge in [-0.1, -0.05) is 36.6 Å². The van der Waals surface area contributed by atoms with Crippen molar-refractivity contribution in [1.82, 2.24) is 19.7 Å². The normalized spacial score (nSPS) is 15.1. The number of aromatic nitrogens is 3. The van der Waals surface area contributed by atoms with E-state index >= 15 is 0 Å². The first-order valence-corrected chi connectivity index (χ1v) is 8.68. The van der Waals surface area contributed by atoms with Gasteiger partial charge >= 0.3 is 0 Å². The molecule has 1 saturated carbocycles. The average molecular weight is 406 g/mol. The van der Waals surface area contributed by atoms with Crippen molar-refractivity contribution in [2.24, 2.45) is 7.05 Å². The summed E-state index contributed by atoms with van der Waals surface area (Å²) in [6.07, 6.45) is 5.20. The topological polar surface area (TPSA) is 34.0 Å². The lowest BCUT2D eigenvalue weighted by Crippen LogP contribution is -2.45. The van der Waals surface area contributed by atoms with E-state index in [2.05, 4.69) is 40.6 Å². The van der Waals surface area contributed by atoms with Gasteiger partial charge in [0.25, 0.3) is 0 Å². The van der Waals surface area contributed by atoms with Crippen molar-refractivity contribution < 1.29 is 0 Å². The molecule has 1 aromatic carbocycles. The third kappa shape index (κ3) is 4.13. The third-order valence-electron chi connectivity index (χ3n) is 5.29. The quantitative estimate of drug-likeness (QED) is 0.710. The standard InChI is InChI=1S/C18H25ClN4.2ClH/c1-18(2,23(4)13-9-5-6-10-13)17-21-20-16(22(17)3)14-11-7-8-12-15(14)19;;/h7-8,11-13H,5-6,9-10H2,1-4H3;2*1H. The maximum absolute atomic E-state index is 6.33. The summed E-state index contributed by atoms with van der Waals surface area (Å²) in [5, 5.41) is 9.64. The molecule has 2 aromatic rings. The molecule has 1 aliphatic rings. The van der Waals surface area contributed by atoms with Crippen LogP contribution < -0.4 is 0 Å². The number of rotatable bonds is 4. The van der Waals surface area contributed by atoms with Crippen LogP contribution in [0.2, 0.25) is 5.02 Å². The minimum absolute atomic E-state index is 0. The summed E-state index contributed by atoms with van der Waals surface area (Å²) < 4.78 is 2.08. The van der Waals surface area contributed by atoms with E-state index in [9.17, 15) is 0 Å². The fourth-order valence-electron chi connectivity index (χ4n) is 3.64. The molecule has 140 valence electrons. The number of hydrogen-bond acceptors (Lipinski definition) is 3. The Morgan fingerprint density at radius 3 is 2.32 bits per heavy atom. The summed E-state index contributed by atoms with van der Waals surface area (Å²) in [5.41, 5.74) is 0.755. The molecule has 0 amide bonds. The average Bonchev–Trinajstić information content (AvgIpc) is 3.17. The van der Waals surface area contributed by atoms with Crippen molar-refractivity contribution in [3.05, 3.63) is 35.1 Å². The Morgan fingerprint density at radius 2 is 1.72 bits per heavy atom. The van der Waals surface area contributed by atoms with Crippen LogP contribution in [0, 0.1) is 0 Å². The lowest BCUT2D eigenvalue weighted by Gasteiger charge is -2.38. The lowest BCUT2D eigenvalue weighted by molar-refractivity contribution is 0.0918. The molecule has 0 aliphatic heterocycles. The molecule has 1 fully saturated rings. The zero-order valence-corrected chi connectivity index (χ0v) is 17.6. The van der Waals surface area contributed by atoms with Gasteiger partial charge in [0, 0.05) is 18.7 Å². The second kappa shape index (κ2) is 8.72. The number of hydrogen-bond donors (Lipinski definition) is 0. The van der Waals surface area contributed by atoms with Crippen LogP contribution in [-0.2, 0) is 12.6 Å². The van der Waals surface area contributed by atoms with Gasteiger partial charge in [0.05, 0.1) is 10.6 Å². The van der Waals surface area contributed by atoms with Crippen molar-refractivity contribution >= 4 is 36.4 Å². The third-order valence-corrected chi connectivity index (χ3v) is 5.62. The van der Waals surface area contributed by atoms with Gasteiger partial charge in [-0.25, -0.2) is 0 Å². The smallest absolute Gasteiger partial charge is 0.165 e. The van der Waals surface area contributed by atoms with Crippen LogP contribution in [0.4, 0.5) is 0 Å². The van der Waals surface area contributed by atoms with Gasteiger partial charge in [-0.05, 0) is 45.9 Å². The second-order valence-corrected chi connectivity index (χ2v) is 7.40. The van der Waals surface area contributed by atoms with Gasteiger partial charge in [0.1, 0.15) is 0 Å². The van der Waals surface area contributed by atoms with E-state index in [4.69, 9.17) is 11.6 Å². The van der Waals surface area contributed by atoms with E-state index in [1.165, 1.54) is 25.7 Å². The minimum Gasteiger partial charge on any atom is -0.313 e. The molecular weight excluding hydrogens is 379 g/mol. The SMILES string of the molecule is CN(C1CCCC1)C(C)(C)c1nnc(-c2ccccc2Cl)n1C.Cl.Cl. The van der Waals surface area contributed by atoms with Crippen LogP contribution in [0.25, 0.3) is 11.4 Å². The first-order chi connectivity index (χ1) is 10.9. The number of benzene rings is 1. The highest BCUT2D eigenvalue weighted by Gasteiger charge is 2.36. The second-order valence-electron chi connectivity index (χ2n) is 6.99. The molecule has 0 radical (unpaired) electrons. The Balaban J connectivity index is 0.00000156. The van der Waals surface area contributed by atoms with Crippen molar-refractivity contribution in [2.45, 2.75) is 51.1 Å². The Morgan fingerprint density at radius 1 is 1.12 bits per heavy atom. The monoisotopic (exact) mass is 404 g/mol. The van der Waals surface area contributed by atoms with E-state index < -0.39 is 0 Å². The van der Waals surface area contributed by atoms with E-state index in [-0.39, 0.29) is 30.4 Å². The van der Waals surface area contributed by atoms with Gasteiger partial charge in [0.15, 0.2) is 11.6 Å². The van der Waals surface area contributed by atoms with E-state index in [1.54, 1.807) is 0 Å². The van der Waals surface area contributed by atoms with E-state index in [1.807, 2.05) is 31.3 Å². The molecule has 1 aromatic heterocycles. The van der Waals surface area contributed by atoms with Gasteiger partial charge in [-0.3, -0.25) is 4.90 Å². The summed E-state index contributed by atoms with van der Waals surface area (Å²) in [4.78, 5) is 2.46. The molecule has 0 saturated heterocycles. The minimum atomic E-state index is -0.170. The van der Waals surface area contributed by atoms with Gasteiger partial charge < -0.3 is 4.57 Å². The maximum atomic E-state index is 6.33. The first-order valence-electron chi connectivity index (χ1n) is 8.30. The summed E-state index contributed by atoms with van der Waals surface area (Å²) in [5.74, 6) is 1.79. The maximum Gasteiger partial charge on any atom is 0.165 e. The summed E-state index contributed by atoms with van der Waals surface area (Å²) in [7, 11) is 4.23. The van der Waals surface area contributed by atoms with Crippen LogP contribution in [0.5, 0.6) is 0 Å². The largest absolute Gasteiger partial charge is 0.313 e. The zero-order valence-electron chi connectivity index (χ0n) is 15.2. The molecular formula is C18H27Cl3N4. The molecule has 25 heavy (non-hydrogen) atoms. The highest BCUT2D eigenvalue weighted by atomic mass is 35.5. The molecule has 3 rings (SSSR count). The predicted molar refractivity (Wildman–Crippen MR) is 109 cm³/mol. The molecule has 7 heteroatoms. The van der Waals surface area contributed by atoms with Crippen LogP contribution in [0.1, 0.15) is 45.4 Å². The molecule has 4 nitrogen and oxygen atoms in total. The predicted octanol–water partition coefficient (Wildman–Crippen LogP) is 5.09. The molecule has 1 heterocycles. The zero-order chi connectivity index (χ0) is 16.6. The Labute approximate surface area is 167 Å². The Hall–Kier alpha value is -0.810. The van der Waals surface area contributed by atoms with Crippen LogP contribution in [-0.4, -0.2) is 32.8 Å². The molecule has 0 spiro atoms. The summed E-state index contributed by atoms with van der Waals surface area (Å²) >= 11 is 6.33. The highest BCUT2D eigenvalue weighted by Crippen LogP contribution is 2.35. The molecule has 0 atom stereocenters. The van der Waals surface area contributed by atoms with Gasteiger partial charge in [-0.15, -0.1) is 35.0 Å². The summed E-state index contributed by atoms with van der Waals surface area (Å²) in [6, 6.07) is 8.42. The fourth-order valence-corrected chi connectivity index (χ4v) is 3.87. The van der Waals surface area contributed by atoms with Crippen LogP contribution >= 0.6 is 36.4 Å². The van der Waals surface area contributed by atoms with Crippen molar-refractivity contribution in [2.75, 3.05) is 7.05 Å². The molecule has 0 N–H and O–H groups in total. The highest BCUT2D eigenvalue weighted by molar-refractivity contribution is 6.33. The van der Waals surface area contributed by atoms with E-state index in [0.29, 0.717) is 11.1 Å².